The number of fused-ring (bicyclic) bond motifs is 1. The Morgan fingerprint density at radius 2 is 2.12 bits per heavy atom. The number of amides is 1. The lowest BCUT2D eigenvalue weighted by Crippen LogP contribution is -2.16. The third kappa shape index (κ3) is 3.72. The highest BCUT2D eigenvalue weighted by Crippen LogP contribution is 2.28. The Labute approximate surface area is 143 Å². The van der Waals surface area contributed by atoms with Crippen molar-refractivity contribution in [3.63, 3.8) is 0 Å². The van der Waals surface area contributed by atoms with E-state index in [1.165, 1.54) is 6.33 Å². The molecule has 0 fully saturated rings. The molecule has 0 aliphatic carbocycles. The van der Waals surface area contributed by atoms with Crippen LogP contribution in [0.1, 0.15) is 6.42 Å². The molecule has 124 valence electrons. The Kier molecular flexibility index (Phi) is 5.07. The van der Waals surface area contributed by atoms with Crippen LogP contribution in [0.25, 0.3) is 11.0 Å². The smallest absolute Gasteiger partial charge is 0.207 e. The summed E-state index contributed by atoms with van der Waals surface area (Å²) in [5.41, 5.74) is 1.45. The van der Waals surface area contributed by atoms with Gasteiger partial charge in [-0.1, -0.05) is 17.7 Å². The van der Waals surface area contributed by atoms with Crippen molar-refractivity contribution in [3.8, 4) is 0 Å². The highest BCUT2D eigenvalue weighted by atomic mass is 35.5. The molecule has 0 aliphatic heterocycles. The van der Waals surface area contributed by atoms with Crippen molar-refractivity contribution >= 4 is 46.4 Å². The van der Waals surface area contributed by atoms with E-state index < -0.39 is 0 Å². The van der Waals surface area contributed by atoms with Crippen LogP contribution >= 0.6 is 11.6 Å². The number of benzene rings is 1. The van der Waals surface area contributed by atoms with E-state index in [2.05, 4.69) is 36.1 Å². The average molecular weight is 346 g/mol. The van der Waals surface area contributed by atoms with Crippen LogP contribution in [0.4, 0.5) is 17.3 Å². The maximum Gasteiger partial charge on any atom is 0.207 e. The number of aromatic amines is 1. The zero-order valence-electron chi connectivity index (χ0n) is 12.7. The lowest BCUT2D eigenvalue weighted by molar-refractivity contribution is -0.109. The summed E-state index contributed by atoms with van der Waals surface area (Å²) in [4.78, 5) is 18.7. The van der Waals surface area contributed by atoms with E-state index >= 15 is 0 Å². The van der Waals surface area contributed by atoms with Crippen LogP contribution in [0, 0.1) is 0 Å². The van der Waals surface area contributed by atoms with Gasteiger partial charge in [0.2, 0.25) is 6.41 Å². The van der Waals surface area contributed by atoms with Gasteiger partial charge in [0.25, 0.3) is 0 Å². The van der Waals surface area contributed by atoms with E-state index in [9.17, 15) is 4.79 Å². The Hall–Kier alpha value is -2.87. The molecule has 9 heteroatoms. The molecule has 2 aromatic heterocycles. The van der Waals surface area contributed by atoms with Crippen molar-refractivity contribution in [1.82, 2.24) is 25.5 Å². The first-order valence-corrected chi connectivity index (χ1v) is 7.78. The molecule has 0 saturated carbocycles. The Morgan fingerprint density at radius 1 is 1.21 bits per heavy atom. The molecule has 1 amide bonds. The number of hydrogen-bond acceptors (Lipinski definition) is 6. The summed E-state index contributed by atoms with van der Waals surface area (Å²) in [6.07, 6.45) is 2.92. The number of carbonyl (C=O) groups excluding carboxylic acids is 1. The second-order valence-corrected chi connectivity index (χ2v) is 5.44. The molecule has 3 aromatic rings. The van der Waals surface area contributed by atoms with E-state index in [1.807, 2.05) is 18.2 Å². The maximum atomic E-state index is 10.2. The van der Waals surface area contributed by atoms with Crippen molar-refractivity contribution in [2.75, 3.05) is 23.7 Å². The predicted molar refractivity (Wildman–Crippen MR) is 93.6 cm³/mol. The highest BCUT2D eigenvalue weighted by molar-refractivity contribution is 6.30. The zero-order valence-corrected chi connectivity index (χ0v) is 13.5. The van der Waals surface area contributed by atoms with Gasteiger partial charge in [-0.15, -0.1) is 0 Å². The molecule has 3 rings (SSSR count). The number of H-pyrrole nitrogens is 1. The van der Waals surface area contributed by atoms with Gasteiger partial charge in [0.05, 0.1) is 0 Å². The summed E-state index contributed by atoms with van der Waals surface area (Å²) in [5.74, 6) is 1.28. The van der Waals surface area contributed by atoms with E-state index in [4.69, 9.17) is 11.6 Å². The Bertz CT molecular complexity index is 836. The van der Waals surface area contributed by atoms with Crippen LogP contribution in [0.5, 0.6) is 0 Å². The molecular weight excluding hydrogens is 330 g/mol. The zero-order chi connectivity index (χ0) is 16.8. The van der Waals surface area contributed by atoms with Crippen molar-refractivity contribution in [3.05, 3.63) is 35.6 Å². The number of anilines is 3. The van der Waals surface area contributed by atoms with Gasteiger partial charge in [-0.3, -0.25) is 9.89 Å². The lowest BCUT2D eigenvalue weighted by Gasteiger charge is -2.08. The number of nitrogens with zero attached hydrogens (tertiary/aromatic N) is 3. The molecular formula is C15H16ClN7O. The summed E-state index contributed by atoms with van der Waals surface area (Å²) < 4.78 is 0. The van der Waals surface area contributed by atoms with Crippen molar-refractivity contribution in [2.24, 2.45) is 0 Å². The summed E-state index contributed by atoms with van der Waals surface area (Å²) in [6.45, 7) is 1.26. The Morgan fingerprint density at radius 3 is 2.96 bits per heavy atom. The molecule has 8 nitrogen and oxygen atoms in total. The van der Waals surface area contributed by atoms with Crippen molar-refractivity contribution in [1.29, 1.82) is 0 Å². The third-order valence-electron chi connectivity index (χ3n) is 3.32. The number of aromatic nitrogens is 4. The number of rotatable bonds is 8. The van der Waals surface area contributed by atoms with Crippen molar-refractivity contribution < 1.29 is 4.79 Å². The van der Waals surface area contributed by atoms with Crippen LogP contribution in [-0.4, -0.2) is 39.7 Å². The summed E-state index contributed by atoms with van der Waals surface area (Å²) in [7, 11) is 0. The maximum absolute atomic E-state index is 10.2. The van der Waals surface area contributed by atoms with E-state index in [0.29, 0.717) is 41.8 Å². The minimum absolute atomic E-state index is 0.600. The lowest BCUT2D eigenvalue weighted by atomic mass is 10.3. The average Bonchev–Trinajstić information content (AvgIpc) is 2.99. The van der Waals surface area contributed by atoms with Crippen LogP contribution in [0.15, 0.2) is 30.6 Å². The minimum atomic E-state index is 0.600. The number of nitrogens with one attached hydrogen (secondary N) is 4. The second kappa shape index (κ2) is 7.60. The standard InChI is InChI=1S/C15H16ClN7O/c16-10-3-1-4-11(7-10)21-13-12-14(18-6-2-5-17-9-24)22-23-15(12)20-8-19-13/h1,3-4,7-9H,2,5-6H2,(H,17,24)(H3,18,19,20,21,22,23). The van der Waals surface area contributed by atoms with Gasteiger partial charge in [-0.25, -0.2) is 9.97 Å². The van der Waals surface area contributed by atoms with Crippen LogP contribution < -0.4 is 16.0 Å². The largest absolute Gasteiger partial charge is 0.368 e. The van der Waals surface area contributed by atoms with Gasteiger partial charge in [-0.05, 0) is 24.6 Å². The first-order valence-electron chi connectivity index (χ1n) is 7.40. The number of halogens is 1. The molecule has 0 atom stereocenters. The molecule has 0 unspecified atom stereocenters. The molecule has 0 saturated heterocycles. The van der Waals surface area contributed by atoms with Gasteiger partial charge >= 0.3 is 0 Å². The molecule has 4 N–H and O–H groups in total. The molecule has 2 heterocycles. The highest BCUT2D eigenvalue weighted by Gasteiger charge is 2.12. The fourth-order valence-electron chi connectivity index (χ4n) is 2.24. The van der Waals surface area contributed by atoms with E-state index in [1.54, 1.807) is 6.07 Å². The first-order chi connectivity index (χ1) is 11.8. The second-order valence-electron chi connectivity index (χ2n) is 5.01. The van der Waals surface area contributed by atoms with E-state index in [-0.39, 0.29) is 0 Å². The Balaban J connectivity index is 1.80. The van der Waals surface area contributed by atoms with Crippen LogP contribution in [-0.2, 0) is 4.79 Å². The predicted octanol–water partition coefficient (Wildman–Crippen LogP) is 2.30. The molecule has 0 aliphatic rings. The monoisotopic (exact) mass is 345 g/mol. The fourth-order valence-corrected chi connectivity index (χ4v) is 2.43. The SMILES string of the molecule is O=CNCCCNc1n[nH]c2ncnc(Nc3cccc(Cl)c3)c12. The molecule has 0 spiro atoms. The summed E-state index contributed by atoms with van der Waals surface area (Å²) in [5, 5.41) is 17.6. The van der Waals surface area contributed by atoms with Gasteiger partial charge < -0.3 is 16.0 Å². The topological polar surface area (TPSA) is 108 Å². The number of carbonyl (C=O) groups is 1. The van der Waals surface area contributed by atoms with E-state index in [0.717, 1.165) is 17.5 Å². The minimum Gasteiger partial charge on any atom is -0.368 e. The molecule has 0 radical (unpaired) electrons. The van der Waals surface area contributed by atoms with Gasteiger partial charge in [0, 0.05) is 23.8 Å². The summed E-state index contributed by atoms with van der Waals surface area (Å²) >= 11 is 6.02. The molecule has 0 bridgehead atoms. The molecule has 1 aromatic carbocycles. The normalized spacial score (nSPS) is 10.5. The van der Waals surface area contributed by atoms with Crippen LogP contribution in [0.3, 0.4) is 0 Å². The molecule has 24 heavy (non-hydrogen) atoms. The van der Waals surface area contributed by atoms with Gasteiger partial charge in [0.1, 0.15) is 17.5 Å². The fraction of sp³-hybridized carbons (Fsp3) is 0.200. The summed E-state index contributed by atoms with van der Waals surface area (Å²) in [6, 6.07) is 7.38. The van der Waals surface area contributed by atoms with Gasteiger partial charge in [-0.2, -0.15) is 5.10 Å². The first kappa shape index (κ1) is 16.0. The third-order valence-corrected chi connectivity index (χ3v) is 3.55. The number of hydrogen-bond donors (Lipinski definition) is 4. The quantitative estimate of drug-likeness (QED) is 0.368. The van der Waals surface area contributed by atoms with Crippen molar-refractivity contribution in [2.45, 2.75) is 6.42 Å². The van der Waals surface area contributed by atoms with Crippen LogP contribution in [0.2, 0.25) is 5.02 Å². The van der Waals surface area contributed by atoms with Gasteiger partial charge in [0.15, 0.2) is 11.5 Å².